The Bertz CT molecular complexity index is 523. The zero-order chi connectivity index (χ0) is 12.4. The molecule has 2 N–H and O–H groups in total. The molecular formula is C13H14FN3. The topological polar surface area (TPSA) is 51.8 Å². The molecule has 0 saturated carbocycles. The Morgan fingerprint density at radius 2 is 1.82 bits per heavy atom. The molecule has 0 radical (unpaired) electrons. The van der Waals surface area contributed by atoms with Gasteiger partial charge >= 0.3 is 0 Å². The van der Waals surface area contributed by atoms with Crippen molar-refractivity contribution in [3.05, 3.63) is 58.9 Å². The number of nitrogens with two attached hydrogens (primary N) is 1. The second-order valence-corrected chi connectivity index (χ2v) is 4.10. The van der Waals surface area contributed by atoms with Crippen LogP contribution in [0, 0.1) is 19.7 Å². The molecule has 17 heavy (non-hydrogen) atoms. The van der Waals surface area contributed by atoms with Crippen LogP contribution in [0.4, 0.5) is 4.39 Å². The summed E-state index contributed by atoms with van der Waals surface area (Å²) in [4.78, 5) is 8.30. The van der Waals surface area contributed by atoms with Crippen LogP contribution in [0.2, 0.25) is 0 Å². The fraction of sp³-hybridized carbons (Fsp3) is 0.231. The Kier molecular flexibility index (Phi) is 3.15. The molecule has 0 bridgehead atoms. The summed E-state index contributed by atoms with van der Waals surface area (Å²) < 4.78 is 13.4. The normalized spacial score (nSPS) is 12.5. The van der Waals surface area contributed by atoms with E-state index in [1.807, 2.05) is 6.92 Å². The van der Waals surface area contributed by atoms with Gasteiger partial charge in [0.15, 0.2) is 0 Å². The van der Waals surface area contributed by atoms with Crippen LogP contribution in [0.1, 0.15) is 28.6 Å². The third-order valence-electron chi connectivity index (χ3n) is 2.63. The standard InChI is InChI=1S/C13H14FN3/c1-8-6-16-13(17-7-8)12(15)10-4-3-9(2)11(14)5-10/h3-7,12H,15H2,1-2H3. The molecule has 1 atom stereocenters. The van der Waals surface area contributed by atoms with Gasteiger partial charge in [-0.1, -0.05) is 12.1 Å². The van der Waals surface area contributed by atoms with Gasteiger partial charge in [-0.2, -0.15) is 0 Å². The van der Waals surface area contributed by atoms with E-state index < -0.39 is 6.04 Å². The van der Waals surface area contributed by atoms with E-state index in [1.165, 1.54) is 6.07 Å². The van der Waals surface area contributed by atoms with Crippen LogP contribution in [0.25, 0.3) is 0 Å². The number of nitrogens with zero attached hydrogens (tertiary/aromatic N) is 2. The number of benzene rings is 1. The van der Waals surface area contributed by atoms with E-state index >= 15 is 0 Å². The quantitative estimate of drug-likeness (QED) is 0.862. The maximum atomic E-state index is 13.4. The highest BCUT2D eigenvalue weighted by atomic mass is 19.1. The zero-order valence-corrected chi connectivity index (χ0v) is 9.81. The van der Waals surface area contributed by atoms with E-state index in [-0.39, 0.29) is 5.82 Å². The van der Waals surface area contributed by atoms with Gasteiger partial charge in [-0.3, -0.25) is 0 Å². The van der Waals surface area contributed by atoms with Crippen molar-refractivity contribution in [2.75, 3.05) is 0 Å². The first-order valence-corrected chi connectivity index (χ1v) is 5.38. The van der Waals surface area contributed by atoms with Crippen molar-refractivity contribution >= 4 is 0 Å². The molecule has 0 aliphatic rings. The van der Waals surface area contributed by atoms with Gasteiger partial charge in [0, 0.05) is 12.4 Å². The number of rotatable bonds is 2. The SMILES string of the molecule is Cc1cnc(C(N)c2ccc(C)c(F)c2)nc1. The summed E-state index contributed by atoms with van der Waals surface area (Å²) in [7, 11) is 0. The first-order chi connectivity index (χ1) is 8.08. The average Bonchev–Trinajstić information content (AvgIpc) is 2.33. The van der Waals surface area contributed by atoms with E-state index in [2.05, 4.69) is 9.97 Å². The number of aromatic nitrogens is 2. The van der Waals surface area contributed by atoms with E-state index in [1.54, 1.807) is 31.5 Å². The second kappa shape index (κ2) is 4.59. The molecule has 2 rings (SSSR count). The maximum Gasteiger partial charge on any atom is 0.149 e. The Morgan fingerprint density at radius 3 is 2.41 bits per heavy atom. The molecule has 3 nitrogen and oxygen atoms in total. The lowest BCUT2D eigenvalue weighted by Crippen LogP contribution is -2.15. The summed E-state index contributed by atoms with van der Waals surface area (Å²) in [5.41, 5.74) is 8.24. The molecule has 0 aliphatic heterocycles. The molecule has 88 valence electrons. The molecule has 0 saturated heterocycles. The Morgan fingerprint density at radius 1 is 1.18 bits per heavy atom. The predicted octanol–water partition coefficient (Wildman–Crippen LogP) is 2.28. The van der Waals surface area contributed by atoms with E-state index in [0.29, 0.717) is 17.0 Å². The predicted molar refractivity (Wildman–Crippen MR) is 63.9 cm³/mol. The first-order valence-electron chi connectivity index (χ1n) is 5.38. The van der Waals surface area contributed by atoms with Gasteiger partial charge in [0.1, 0.15) is 11.6 Å². The number of halogens is 1. The lowest BCUT2D eigenvalue weighted by Gasteiger charge is -2.11. The fourth-order valence-electron chi connectivity index (χ4n) is 1.51. The lowest BCUT2D eigenvalue weighted by atomic mass is 10.0. The monoisotopic (exact) mass is 231 g/mol. The van der Waals surface area contributed by atoms with Crippen molar-refractivity contribution < 1.29 is 4.39 Å². The first kappa shape index (κ1) is 11.7. The lowest BCUT2D eigenvalue weighted by molar-refractivity contribution is 0.613. The van der Waals surface area contributed by atoms with Crippen molar-refractivity contribution in [3.8, 4) is 0 Å². The summed E-state index contributed by atoms with van der Waals surface area (Å²) in [6.07, 6.45) is 3.40. The van der Waals surface area contributed by atoms with Gasteiger partial charge in [0.25, 0.3) is 0 Å². The Hall–Kier alpha value is -1.81. The molecule has 1 unspecified atom stereocenters. The van der Waals surface area contributed by atoms with Crippen molar-refractivity contribution in [1.29, 1.82) is 0 Å². The highest BCUT2D eigenvalue weighted by Crippen LogP contribution is 2.18. The van der Waals surface area contributed by atoms with Gasteiger partial charge in [-0.25, -0.2) is 14.4 Å². The summed E-state index contributed by atoms with van der Waals surface area (Å²) in [5, 5.41) is 0. The highest BCUT2D eigenvalue weighted by molar-refractivity contribution is 5.29. The highest BCUT2D eigenvalue weighted by Gasteiger charge is 2.12. The van der Waals surface area contributed by atoms with Gasteiger partial charge in [0.2, 0.25) is 0 Å². The van der Waals surface area contributed by atoms with Crippen LogP contribution in [-0.4, -0.2) is 9.97 Å². The van der Waals surface area contributed by atoms with Gasteiger partial charge in [-0.05, 0) is 36.6 Å². The largest absolute Gasteiger partial charge is 0.318 e. The van der Waals surface area contributed by atoms with Crippen molar-refractivity contribution in [2.45, 2.75) is 19.9 Å². The van der Waals surface area contributed by atoms with Crippen molar-refractivity contribution in [1.82, 2.24) is 9.97 Å². The van der Waals surface area contributed by atoms with Gasteiger partial charge in [0.05, 0.1) is 6.04 Å². The van der Waals surface area contributed by atoms with Crippen LogP contribution >= 0.6 is 0 Å². The number of hydrogen-bond donors (Lipinski definition) is 1. The van der Waals surface area contributed by atoms with Crippen LogP contribution in [-0.2, 0) is 0 Å². The minimum absolute atomic E-state index is 0.259. The summed E-state index contributed by atoms with van der Waals surface area (Å²) in [6, 6.07) is 4.44. The molecule has 0 aliphatic carbocycles. The van der Waals surface area contributed by atoms with Crippen LogP contribution < -0.4 is 5.73 Å². The third-order valence-corrected chi connectivity index (χ3v) is 2.63. The summed E-state index contributed by atoms with van der Waals surface area (Å²) in [6.45, 7) is 3.62. The van der Waals surface area contributed by atoms with Crippen molar-refractivity contribution in [2.24, 2.45) is 5.73 Å². The maximum absolute atomic E-state index is 13.4. The molecule has 1 aromatic carbocycles. The van der Waals surface area contributed by atoms with E-state index in [9.17, 15) is 4.39 Å². The Balaban J connectivity index is 2.33. The molecule has 2 aromatic rings. The smallest absolute Gasteiger partial charge is 0.149 e. The Labute approximate surface area is 99.5 Å². The molecule has 0 amide bonds. The van der Waals surface area contributed by atoms with E-state index in [4.69, 9.17) is 5.73 Å². The number of hydrogen-bond acceptors (Lipinski definition) is 3. The number of aryl methyl sites for hydroxylation is 2. The summed E-state index contributed by atoms with van der Waals surface area (Å²) >= 11 is 0. The molecule has 0 fully saturated rings. The average molecular weight is 231 g/mol. The molecule has 1 aromatic heterocycles. The second-order valence-electron chi connectivity index (χ2n) is 4.10. The van der Waals surface area contributed by atoms with Crippen LogP contribution in [0.15, 0.2) is 30.6 Å². The minimum atomic E-state index is -0.495. The van der Waals surface area contributed by atoms with Crippen LogP contribution in [0.3, 0.4) is 0 Å². The van der Waals surface area contributed by atoms with E-state index in [0.717, 1.165) is 5.56 Å². The molecule has 4 heteroatoms. The summed E-state index contributed by atoms with van der Waals surface area (Å²) in [5.74, 6) is 0.240. The van der Waals surface area contributed by atoms with Gasteiger partial charge in [-0.15, -0.1) is 0 Å². The minimum Gasteiger partial charge on any atom is -0.318 e. The zero-order valence-electron chi connectivity index (χ0n) is 9.81. The van der Waals surface area contributed by atoms with Crippen molar-refractivity contribution in [3.63, 3.8) is 0 Å². The fourth-order valence-corrected chi connectivity index (χ4v) is 1.51. The molecule has 0 spiro atoms. The van der Waals surface area contributed by atoms with Crippen LogP contribution in [0.5, 0.6) is 0 Å². The molecular weight excluding hydrogens is 217 g/mol. The third kappa shape index (κ3) is 2.47. The van der Waals surface area contributed by atoms with Gasteiger partial charge < -0.3 is 5.73 Å². The molecule has 1 heterocycles.